The number of halogens is 1. The second-order valence-corrected chi connectivity index (χ2v) is 7.57. The third kappa shape index (κ3) is 4.57. The van der Waals surface area contributed by atoms with Crippen molar-refractivity contribution in [2.45, 2.75) is 0 Å². The van der Waals surface area contributed by atoms with Crippen molar-refractivity contribution in [2.24, 2.45) is 0 Å². The van der Waals surface area contributed by atoms with Crippen molar-refractivity contribution in [3.8, 4) is 22.6 Å². The number of Topliss-reactive ketones (excluding diaryl/α,β-unsaturated/α-hetero) is 1. The second kappa shape index (κ2) is 9.23. The number of H-pyrrole nitrogens is 1. The molecule has 3 aromatic rings. The quantitative estimate of drug-likeness (QED) is 0.233. The van der Waals surface area contributed by atoms with Crippen LogP contribution in [0.4, 0.5) is 0 Å². The van der Waals surface area contributed by atoms with Gasteiger partial charge in [0.25, 0.3) is 5.78 Å². The zero-order valence-corrected chi connectivity index (χ0v) is 18.9. The summed E-state index contributed by atoms with van der Waals surface area (Å²) in [6, 6.07) is 10.4. The molecule has 0 radical (unpaired) electrons. The van der Waals surface area contributed by atoms with Gasteiger partial charge in [-0.15, -0.1) is 0 Å². The molecule has 0 fully saturated rings. The van der Waals surface area contributed by atoms with E-state index >= 15 is 0 Å². The van der Waals surface area contributed by atoms with Crippen LogP contribution in [0.5, 0.6) is 11.5 Å². The Labute approximate surface area is 189 Å². The fourth-order valence-corrected chi connectivity index (χ4v) is 3.19. The van der Waals surface area contributed by atoms with Crippen molar-refractivity contribution in [3.05, 3.63) is 47.1 Å². The topological polar surface area (TPSA) is 95.7 Å². The molecule has 0 saturated heterocycles. The maximum atomic E-state index is 13.1. The Morgan fingerprint density at radius 3 is 2.32 bits per heavy atom. The summed E-state index contributed by atoms with van der Waals surface area (Å²) in [5.74, 6) is -0.634. The molecule has 0 bridgehead atoms. The first kappa shape index (κ1) is 22.4. The highest BCUT2D eigenvalue weighted by molar-refractivity contribution is 7.80. The molecule has 1 heterocycles. The van der Waals surface area contributed by atoms with E-state index in [0.717, 1.165) is 0 Å². The Morgan fingerprint density at radius 2 is 1.74 bits per heavy atom. The number of ketones is 1. The van der Waals surface area contributed by atoms with Crippen LogP contribution in [0.15, 0.2) is 36.4 Å². The van der Waals surface area contributed by atoms with Crippen LogP contribution in [0.3, 0.4) is 0 Å². The third-order valence-electron chi connectivity index (χ3n) is 4.55. The number of aromatic nitrogens is 1. The average Bonchev–Trinajstić information content (AvgIpc) is 3.15. The maximum absolute atomic E-state index is 13.1. The lowest BCUT2D eigenvalue weighted by molar-refractivity contribution is -0.117. The van der Waals surface area contributed by atoms with Crippen LogP contribution in [-0.4, -0.2) is 55.0 Å². The van der Waals surface area contributed by atoms with Gasteiger partial charge in [-0.05, 0) is 29.9 Å². The number of ether oxygens (including phenoxy) is 2. The van der Waals surface area contributed by atoms with Crippen molar-refractivity contribution in [1.82, 2.24) is 20.7 Å². The van der Waals surface area contributed by atoms with Crippen LogP contribution in [0.1, 0.15) is 10.5 Å². The molecule has 10 heteroatoms. The minimum Gasteiger partial charge on any atom is -0.497 e. The average molecular weight is 461 g/mol. The zero-order chi connectivity index (χ0) is 22.7. The van der Waals surface area contributed by atoms with Gasteiger partial charge in [-0.3, -0.25) is 20.4 Å². The lowest BCUT2D eigenvalue weighted by Crippen LogP contribution is -2.48. The van der Waals surface area contributed by atoms with Crippen LogP contribution in [0.25, 0.3) is 22.0 Å². The summed E-state index contributed by atoms with van der Waals surface area (Å²) in [6.07, 6.45) is 0. The molecule has 31 heavy (non-hydrogen) atoms. The van der Waals surface area contributed by atoms with E-state index in [9.17, 15) is 9.59 Å². The molecule has 0 saturated carbocycles. The van der Waals surface area contributed by atoms with Gasteiger partial charge in [0.1, 0.15) is 17.2 Å². The van der Waals surface area contributed by atoms with Gasteiger partial charge in [-0.2, -0.15) is 0 Å². The highest BCUT2D eigenvalue weighted by atomic mass is 35.5. The number of aromatic amines is 1. The fourth-order valence-electron chi connectivity index (χ4n) is 3.02. The molecule has 0 atom stereocenters. The number of rotatable bonds is 5. The number of carbonyl (C=O) groups is 2. The number of nitrogens with one attached hydrogen (secondary N) is 3. The molecule has 162 valence electrons. The molecule has 0 aliphatic rings. The number of hydrogen-bond acceptors (Lipinski definition) is 5. The van der Waals surface area contributed by atoms with Gasteiger partial charge < -0.3 is 19.4 Å². The van der Waals surface area contributed by atoms with Gasteiger partial charge >= 0.3 is 5.91 Å². The Balaban J connectivity index is 2.14. The van der Waals surface area contributed by atoms with Crippen LogP contribution >= 0.6 is 23.8 Å². The first-order valence-electron chi connectivity index (χ1n) is 9.12. The Hall–Kier alpha value is -3.30. The van der Waals surface area contributed by atoms with Crippen molar-refractivity contribution in [1.29, 1.82) is 0 Å². The van der Waals surface area contributed by atoms with Crippen molar-refractivity contribution < 1.29 is 19.1 Å². The minimum absolute atomic E-state index is 0.0962. The second-order valence-electron chi connectivity index (χ2n) is 6.74. The molecule has 8 nitrogen and oxygen atoms in total. The van der Waals surface area contributed by atoms with Gasteiger partial charge in [-0.1, -0.05) is 23.7 Å². The maximum Gasteiger partial charge on any atom is 0.312 e. The number of carbonyl (C=O) groups excluding carboxylic acids is 2. The molecular formula is C21H21ClN4O4S. The Bertz CT molecular complexity index is 1160. The number of fused-ring (bicyclic) bond motifs is 1. The van der Waals surface area contributed by atoms with E-state index in [2.05, 4.69) is 15.8 Å². The van der Waals surface area contributed by atoms with Crippen molar-refractivity contribution >= 4 is 51.5 Å². The van der Waals surface area contributed by atoms with E-state index in [0.29, 0.717) is 38.6 Å². The van der Waals surface area contributed by atoms with Gasteiger partial charge in [-0.25, -0.2) is 0 Å². The Morgan fingerprint density at radius 1 is 1.06 bits per heavy atom. The van der Waals surface area contributed by atoms with Crippen LogP contribution < -0.4 is 20.3 Å². The summed E-state index contributed by atoms with van der Waals surface area (Å²) in [7, 11) is 6.47. The van der Waals surface area contributed by atoms with Crippen molar-refractivity contribution in [2.75, 3.05) is 28.3 Å². The number of amides is 1. The zero-order valence-electron chi connectivity index (χ0n) is 17.3. The molecule has 1 aromatic heterocycles. The van der Waals surface area contributed by atoms with Crippen LogP contribution in [-0.2, 0) is 4.79 Å². The monoisotopic (exact) mass is 460 g/mol. The standard InChI is InChI=1S/C21H21ClN4O4S/c1-26(2)21(31)25-24-20(28)19(27)18-16(11-5-7-12(22)8-6-11)17-14(23-18)9-13(29-3)10-15(17)30-4/h5-10,23H,1-4H3,(H,24,28)(H,25,31). The number of methoxy groups -OCH3 is 2. The number of nitrogens with zero attached hydrogens (tertiary/aromatic N) is 1. The summed E-state index contributed by atoms with van der Waals surface area (Å²) in [6.45, 7) is 0. The van der Waals surface area contributed by atoms with Gasteiger partial charge in [0.05, 0.1) is 25.1 Å². The molecule has 0 spiro atoms. The highest BCUT2D eigenvalue weighted by Gasteiger charge is 2.27. The van der Waals surface area contributed by atoms with E-state index in [1.807, 2.05) is 0 Å². The molecule has 1 amide bonds. The minimum atomic E-state index is -0.878. The fraction of sp³-hybridized carbons (Fsp3) is 0.190. The number of benzene rings is 2. The molecule has 3 N–H and O–H groups in total. The largest absolute Gasteiger partial charge is 0.497 e. The Kier molecular flexibility index (Phi) is 6.67. The van der Waals surface area contributed by atoms with E-state index in [4.69, 9.17) is 33.3 Å². The molecule has 0 aliphatic carbocycles. The normalized spacial score (nSPS) is 10.5. The first-order valence-corrected chi connectivity index (χ1v) is 9.91. The van der Waals surface area contributed by atoms with Gasteiger partial charge in [0, 0.05) is 36.8 Å². The van der Waals surface area contributed by atoms with E-state index in [-0.39, 0.29) is 10.8 Å². The summed E-state index contributed by atoms with van der Waals surface area (Å²) in [5, 5.41) is 1.44. The molecule has 2 aromatic carbocycles. The van der Waals surface area contributed by atoms with Gasteiger partial charge in [0.15, 0.2) is 5.11 Å². The van der Waals surface area contributed by atoms with Crippen molar-refractivity contribution in [3.63, 3.8) is 0 Å². The van der Waals surface area contributed by atoms with Gasteiger partial charge in [0.2, 0.25) is 0 Å². The lowest BCUT2D eigenvalue weighted by atomic mass is 9.99. The predicted octanol–water partition coefficient (Wildman–Crippen LogP) is 3.16. The number of hydrogen-bond donors (Lipinski definition) is 3. The smallest absolute Gasteiger partial charge is 0.312 e. The van der Waals surface area contributed by atoms with Crippen LogP contribution in [0, 0.1) is 0 Å². The third-order valence-corrected chi connectivity index (χ3v) is 5.27. The predicted molar refractivity (Wildman–Crippen MR) is 124 cm³/mol. The van der Waals surface area contributed by atoms with E-state index in [1.165, 1.54) is 14.2 Å². The molecular weight excluding hydrogens is 440 g/mol. The molecule has 0 unspecified atom stereocenters. The lowest BCUT2D eigenvalue weighted by Gasteiger charge is -2.15. The van der Waals surface area contributed by atoms with E-state index in [1.54, 1.807) is 55.4 Å². The summed E-state index contributed by atoms with van der Waals surface area (Å²) >= 11 is 11.1. The molecule has 3 rings (SSSR count). The number of hydrazine groups is 1. The molecule has 0 aliphatic heterocycles. The first-order chi connectivity index (χ1) is 14.8. The summed E-state index contributed by atoms with van der Waals surface area (Å²) < 4.78 is 10.9. The number of thiocarbonyl (C=S) groups is 1. The van der Waals surface area contributed by atoms with E-state index < -0.39 is 11.7 Å². The summed E-state index contributed by atoms with van der Waals surface area (Å²) in [4.78, 5) is 30.3. The SMILES string of the molecule is COc1cc(OC)c2c(-c3ccc(Cl)cc3)c(C(=O)C(=O)NNC(=S)N(C)C)[nH]c2c1. The summed E-state index contributed by atoms with van der Waals surface area (Å²) in [5.41, 5.74) is 6.74. The highest BCUT2D eigenvalue weighted by Crippen LogP contribution is 2.41. The van der Waals surface area contributed by atoms with Crippen LogP contribution in [0.2, 0.25) is 5.02 Å².